The molecule has 1 fully saturated rings. The van der Waals surface area contributed by atoms with Crippen molar-refractivity contribution in [3.05, 3.63) is 0 Å². The lowest BCUT2D eigenvalue weighted by Gasteiger charge is -2.23. The number of nitrogens with one attached hydrogen (secondary N) is 1. The molecule has 0 aromatic carbocycles. The number of ether oxygens (including phenoxy) is 1. The highest BCUT2D eigenvalue weighted by Crippen LogP contribution is 2.26. The maximum Gasteiger partial charge on any atom is 0.237 e. The Bertz CT molecular complexity index is 254. The third-order valence-electron chi connectivity index (χ3n) is 3.48. The van der Waals surface area contributed by atoms with Gasteiger partial charge in [0.05, 0.1) is 12.1 Å². The first-order valence-electron chi connectivity index (χ1n) is 6.58. The molecule has 1 amide bonds. The summed E-state index contributed by atoms with van der Waals surface area (Å²) in [5, 5.41) is 2.95. The van der Waals surface area contributed by atoms with Crippen molar-refractivity contribution in [3.63, 3.8) is 0 Å². The molecule has 0 spiro atoms. The Morgan fingerprint density at radius 2 is 2.06 bits per heavy atom. The Balaban J connectivity index is 2.37. The van der Waals surface area contributed by atoms with Gasteiger partial charge in [0.2, 0.25) is 5.91 Å². The molecule has 3 atom stereocenters. The minimum Gasteiger partial charge on any atom is -0.378 e. The van der Waals surface area contributed by atoms with Crippen molar-refractivity contribution in [2.45, 2.75) is 46.3 Å². The lowest BCUT2D eigenvalue weighted by Crippen LogP contribution is -2.46. The van der Waals surface area contributed by atoms with Crippen molar-refractivity contribution >= 4 is 5.91 Å². The summed E-state index contributed by atoms with van der Waals surface area (Å²) in [6.45, 7) is 9.72. The van der Waals surface area contributed by atoms with E-state index in [1.165, 1.54) is 0 Å². The molecule has 4 nitrogen and oxygen atoms in total. The summed E-state index contributed by atoms with van der Waals surface area (Å²) in [6.07, 6.45) is 1.30. The van der Waals surface area contributed by atoms with Gasteiger partial charge in [-0.1, -0.05) is 27.7 Å². The van der Waals surface area contributed by atoms with Crippen molar-refractivity contribution in [1.29, 1.82) is 0 Å². The number of rotatable bonds is 5. The average molecular weight is 242 g/mol. The van der Waals surface area contributed by atoms with Crippen molar-refractivity contribution < 1.29 is 9.53 Å². The van der Waals surface area contributed by atoms with Gasteiger partial charge in [0, 0.05) is 19.1 Å². The van der Waals surface area contributed by atoms with Crippen LogP contribution in [-0.2, 0) is 9.53 Å². The summed E-state index contributed by atoms with van der Waals surface area (Å²) in [7, 11) is 0. The van der Waals surface area contributed by atoms with E-state index in [-0.39, 0.29) is 17.9 Å². The summed E-state index contributed by atoms with van der Waals surface area (Å²) in [5.41, 5.74) is 5.80. The number of nitrogens with two attached hydrogens (primary N) is 1. The van der Waals surface area contributed by atoms with Gasteiger partial charge in [-0.05, 0) is 18.3 Å². The molecule has 0 radical (unpaired) electrons. The minimum atomic E-state index is -0.408. The van der Waals surface area contributed by atoms with E-state index in [4.69, 9.17) is 10.5 Å². The molecule has 1 aliphatic heterocycles. The highest BCUT2D eigenvalue weighted by atomic mass is 16.5. The van der Waals surface area contributed by atoms with E-state index in [1.54, 1.807) is 0 Å². The topological polar surface area (TPSA) is 64.3 Å². The highest BCUT2D eigenvalue weighted by Gasteiger charge is 2.31. The van der Waals surface area contributed by atoms with Gasteiger partial charge in [-0.3, -0.25) is 4.79 Å². The SMILES string of the molecule is CC(C)C1OCCC1CNC(=O)[C@@H](N)C(C)C. The van der Waals surface area contributed by atoms with Crippen LogP contribution in [0.3, 0.4) is 0 Å². The fraction of sp³-hybridized carbons (Fsp3) is 0.923. The summed E-state index contributed by atoms with van der Waals surface area (Å²) in [5.74, 6) is 1.06. The van der Waals surface area contributed by atoms with E-state index in [0.29, 0.717) is 18.4 Å². The van der Waals surface area contributed by atoms with Gasteiger partial charge in [0.1, 0.15) is 0 Å². The first kappa shape index (κ1) is 14.5. The van der Waals surface area contributed by atoms with Crippen molar-refractivity contribution in [2.24, 2.45) is 23.5 Å². The zero-order valence-electron chi connectivity index (χ0n) is 11.4. The van der Waals surface area contributed by atoms with Crippen LogP contribution in [-0.4, -0.2) is 31.2 Å². The first-order valence-corrected chi connectivity index (χ1v) is 6.58. The average Bonchev–Trinajstić information content (AvgIpc) is 2.72. The Labute approximate surface area is 104 Å². The molecular formula is C13H26N2O2. The van der Waals surface area contributed by atoms with E-state index >= 15 is 0 Å². The molecule has 17 heavy (non-hydrogen) atoms. The van der Waals surface area contributed by atoms with Crippen LogP contribution in [0.1, 0.15) is 34.1 Å². The van der Waals surface area contributed by atoms with Crippen molar-refractivity contribution in [1.82, 2.24) is 5.32 Å². The molecule has 0 saturated carbocycles. The predicted molar refractivity (Wildman–Crippen MR) is 68.5 cm³/mol. The second kappa shape index (κ2) is 6.36. The van der Waals surface area contributed by atoms with Gasteiger partial charge in [0.25, 0.3) is 0 Å². The second-order valence-corrected chi connectivity index (χ2v) is 5.64. The van der Waals surface area contributed by atoms with Gasteiger partial charge < -0.3 is 15.8 Å². The van der Waals surface area contributed by atoms with Crippen LogP contribution in [0, 0.1) is 17.8 Å². The van der Waals surface area contributed by atoms with Gasteiger partial charge in [-0.25, -0.2) is 0 Å². The molecule has 1 heterocycles. The number of hydrogen-bond acceptors (Lipinski definition) is 3. The van der Waals surface area contributed by atoms with Crippen LogP contribution in [0.5, 0.6) is 0 Å². The fourth-order valence-corrected chi connectivity index (χ4v) is 2.26. The molecule has 0 bridgehead atoms. The van der Waals surface area contributed by atoms with Gasteiger partial charge in [0.15, 0.2) is 0 Å². The quantitative estimate of drug-likeness (QED) is 0.760. The van der Waals surface area contributed by atoms with E-state index in [2.05, 4.69) is 19.2 Å². The summed E-state index contributed by atoms with van der Waals surface area (Å²) in [4.78, 5) is 11.7. The third kappa shape index (κ3) is 3.96. The molecule has 0 aliphatic carbocycles. The summed E-state index contributed by atoms with van der Waals surface area (Å²) >= 11 is 0. The standard InChI is InChI=1S/C13H26N2O2/c1-8(2)11(14)13(16)15-7-10-5-6-17-12(10)9(3)4/h8-12H,5-7,14H2,1-4H3,(H,15,16)/t10?,11-,12?/m0/s1. The van der Waals surface area contributed by atoms with Crippen molar-refractivity contribution in [3.8, 4) is 0 Å². The molecule has 1 rings (SSSR count). The largest absolute Gasteiger partial charge is 0.378 e. The van der Waals surface area contributed by atoms with E-state index in [9.17, 15) is 4.79 Å². The predicted octanol–water partition coefficient (Wildman–Crippen LogP) is 1.15. The van der Waals surface area contributed by atoms with E-state index < -0.39 is 6.04 Å². The monoisotopic (exact) mass is 242 g/mol. The molecule has 4 heteroatoms. The molecule has 1 aliphatic rings. The lowest BCUT2D eigenvalue weighted by atomic mass is 9.93. The van der Waals surface area contributed by atoms with Gasteiger partial charge in [-0.2, -0.15) is 0 Å². The molecule has 0 aromatic rings. The normalized spacial score (nSPS) is 26.5. The number of carbonyl (C=O) groups excluding carboxylic acids is 1. The van der Waals surface area contributed by atoms with E-state index in [0.717, 1.165) is 13.0 Å². The van der Waals surface area contributed by atoms with Gasteiger partial charge in [-0.15, -0.1) is 0 Å². The maximum atomic E-state index is 11.7. The zero-order valence-corrected chi connectivity index (χ0v) is 11.4. The Morgan fingerprint density at radius 1 is 1.41 bits per heavy atom. The van der Waals surface area contributed by atoms with Crippen LogP contribution in [0.2, 0.25) is 0 Å². The Kier molecular flexibility index (Phi) is 5.40. The smallest absolute Gasteiger partial charge is 0.237 e. The minimum absolute atomic E-state index is 0.0468. The maximum absolute atomic E-state index is 11.7. The van der Waals surface area contributed by atoms with Crippen LogP contribution in [0.25, 0.3) is 0 Å². The molecule has 0 aromatic heterocycles. The van der Waals surface area contributed by atoms with Gasteiger partial charge >= 0.3 is 0 Å². The zero-order chi connectivity index (χ0) is 13.0. The van der Waals surface area contributed by atoms with Crippen LogP contribution in [0.4, 0.5) is 0 Å². The molecule has 3 N–H and O–H groups in total. The summed E-state index contributed by atoms with van der Waals surface area (Å²) < 4.78 is 5.68. The Morgan fingerprint density at radius 3 is 2.59 bits per heavy atom. The first-order chi connectivity index (χ1) is 7.93. The Hall–Kier alpha value is -0.610. The third-order valence-corrected chi connectivity index (χ3v) is 3.48. The second-order valence-electron chi connectivity index (χ2n) is 5.64. The molecule has 1 saturated heterocycles. The number of amides is 1. The summed E-state index contributed by atoms with van der Waals surface area (Å²) in [6, 6.07) is -0.408. The number of carbonyl (C=O) groups is 1. The lowest BCUT2D eigenvalue weighted by molar-refractivity contribution is -0.123. The van der Waals surface area contributed by atoms with E-state index in [1.807, 2.05) is 13.8 Å². The van der Waals surface area contributed by atoms with Crippen LogP contribution in [0.15, 0.2) is 0 Å². The van der Waals surface area contributed by atoms with Crippen LogP contribution >= 0.6 is 0 Å². The molecule has 2 unspecified atom stereocenters. The molecule has 100 valence electrons. The number of hydrogen-bond donors (Lipinski definition) is 2. The van der Waals surface area contributed by atoms with Crippen molar-refractivity contribution in [2.75, 3.05) is 13.2 Å². The fourth-order valence-electron chi connectivity index (χ4n) is 2.26. The molecular weight excluding hydrogens is 216 g/mol. The highest BCUT2D eigenvalue weighted by molar-refractivity contribution is 5.81. The van der Waals surface area contributed by atoms with Crippen LogP contribution < -0.4 is 11.1 Å².